The first kappa shape index (κ1) is 16.8. The van der Waals surface area contributed by atoms with Gasteiger partial charge in [-0.25, -0.2) is 9.59 Å². The summed E-state index contributed by atoms with van der Waals surface area (Å²) in [5, 5.41) is 2.73. The Hall–Kier alpha value is -1.60. The van der Waals surface area contributed by atoms with Crippen LogP contribution in [0.1, 0.15) is 27.7 Å². The zero-order chi connectivity index (χ0) is 16.5. The summed E-state index contributed by atoms with van der Waals surface area (Å²) in [6.07, 6.45) is -1.74. The number of carbonyl (C=O) groups is 2. The Bertz CT molecular complexity index is 469. The van der Waals surface area contributed by atoms with Gasteiger partial charge in [0, 0.05) is 5.57 Å². The van der Waals surface area contributed by atoms with Crippen LogP contribution in [0.3, 0.4) is 0 Å². The third kappa shape index (κ3) is 3.98. The fraction of sp³-hybridized carbons (Fsp3) is 0.733. The molecule has 124 valence electrons. The van der Waals surface area contributed by atoms with Crippen LogP contribution in [0, 0.1) is 0 Å². The van der Waals surface area contributed by atoms with Crippen molar-refractivity contribution in [2.75, 3.05) is 13.2 Å². The predicted octanol–water partition coefficient (Wildman–Crippen LogP) is 1.17. The Balaban J connectivity index is 1.89. The molecule has 0 radical (unpaired) electrons. The number of hydrogen-bond donors (Lipinski definition) is 1. The molecule has 2 aliphatic heterocycles. The van der Waals surface area contributed by atoms with E-state index in [0.29, 0.717) is 5.57 Å². The lowest BCUT2D eigenvalue weighted by molar-refractivity contribution is -0.148. The monoisotopic (exact) mass is 313 g/mol. The number of amides is 1. The highest BCUT2D eigenvalue weighted by Gasteiger charge is 2.50. The Kier molecular flexibility index (Phi) is 4.77. The van der Waals surface area contributed by atoms with E-state index in [1.807, 2.05) is 0 Å². The van der Waals surface area contributed by atoms with Crippen molar-refractivity contribution in [1.29, 1.82) is 0 Å². The number of esters is 1. The Morgan fingerprint density at radius 3 is 2.41 bits per heavy atom. The van der Waals surface area contributed by atoms with Gasteiger partial charge in [0.1, 0.15) is 17.8 Å². The molecule has 0 aromatic heterocycles. The van der Waals surface area contributed by atoms with E-state index in [1.54, 1.807) is 27.7 Å². The van der Waals surface area contributed by atoms with E-state index in [1.165, 1.54) is 0 Å². The SMILES string of the molecule is C=C(C)C(=O)O[C@@H]1CO[C@H]2[C@@H]1OC[C@H]2NC(=O)OC(C)(C)C. The van der Waals surface area contributed by atoms with Gasteiger partial charge in [-0.15, -0.1) is 0 Å². The smallest absolute Gasteiger partial charge is 0.408 e. The van der Waals surface area contributed by atoms with Crippen LogP contribution in [0.5, 0.6) is 0 Å². The molecule has 2 aliphatic rings. The molecule has 1 amide bonds. The summed E-state index contributed by atoms with van der Waals surface area (Å²) >= 11 is 0. The number of nitrogens with one attached hydrogen (secondary N) is 1. The summed E-state index contributed by atoms with van der Waals surface area (Å²) < 4.78 is 21.7. The zero-order valence-electron chi connectivity index (χ0n) is 13.4. The molecule has 1 N–H and O–H groups in total. The average molecular weight is 313 g/mol. The van der Waals surface area contributed by atoms with E-state index in [-0.39, 0.29) is 31.5 Å². The van der Waals surface area contributed by atoms with Crippen molar-refractivity contribution in [3.63, 3.8) is 0 Å². The summed E-state index contributed by atoms with van der Waals surface area (Å²) in [7, 11) is 0. The first-order chi connectivity index (χ1) is 10.2. The minimum Gasteiger partial charge on any atom is -0.454 e. The molecule has 0 spiro atoms. The highest BCUT2D eigenvalue weighted by molar-refractivity contribution is 5.87. The summed E-state index contributed by atoms with van der Waals surface area (Å²) in [4.78, 5) is 23.4. The molecule has 0 unspecified atom stereocenters. The first-order valence-corrected chi connectivity index (χ1v) is 7.26. The van der Waals surface area contributed by atoms with Gasteiger partial charge >= 0.3 is 12.1 Å². The molecule has 2 heterocycles. The van der Waals surface area contributed by atoms with Gasteiger partial charge in [0.05, 0.1) is 19.3 Å². The quantitative estimate of drug-likeness (QED) is 0.622. The van der Waals surface area contributed by atoms with Gasteiger partial charge in [0.2, 0.25) is 0 Å². The number of rotatable bonds is 3. The van der Waals surface area contributed by atoms with Gasteiger partial charge in [-0.05, 0) is 27.7 Å². The van der Waals surface area contributed by atoms with Crippen LogP contribution in [-0.4, -0.2) is 55.2 Å². The average Bonchev–Trinajstić information content (AvgIpc) is 2.91. The molecular weight excluding hydrogens is 290 g/mol. The van der Waals surface area contributed by atoms with Gasteiger partial charge in [0.15, 0.2) is 6.10 Å². The second kappa shape index (κ2) is 6.26. The van der Waals surface area contributed by atoms with Crippen molar-refractivity contribution < 1.29 is 28.5 Å². The van der Waals surface area contributed by atoms with Crippen LogP contribution in [-0.2, 0) is 23.7 Å². The highest BCUT2D eigenvalue weighted by Crippen LogP contribution is 2.29. The number of hydrogen-bond acceptors (Lipinski definition) is 6. The van der Waals surface area contributed by atoms with Crippen LogP contribution in [0.2, 0.25) is 0 Å². The first-order valence-electron chi connectivity index (χ1n) is 7.26. The molecular formula is C15H23NO6. The van der Waals surface area contributed by atoms with Gasteiger partial charge in [0.25, 0.3) is 0 Å². The van der Waals surface area contributed by atoms with Crippen LogP contribution in [0.4, 0.5) is 4.79 Å². The van der Waals surface area contributed by atoms with Gasteiger partial charge in [-0.1, -0.05) is 6.58 Å². The van der Waals surface area contributed by atoms with Crippen molar-refractivity contribution in [1.82, 2.24) is 5.32 Å². The van der Waals surface area contributed by atoms with E-state index in [2.05, 4.69) is 11.9 Å². The highest BCUT2D eigenvalue weighted by atomic mass is 16.6. The molecule has 0 aliphatic carbocycles. The van der Waals surface area contributed by atoms with Gasteiger partial charge in [-0.3, -0.25) is 0 Å². The molecule has 0 saturated carbocycles. The number of carbonyl (C=O) groups excluding carboxylic acids is 2. The Labute approximate surface area is 129 Å². The second-order valence-corrected chi connectivity index (χ2v) is 6.57. The molecule has 4 atom stereocenters. The van der Waals surface area contributed by atoms with Gasteiger partial charge < -0.3 is 24.3 Å². The van der Waals surface area contributed by atoms with Crippen LogP contribution < -0.4 is 5.32 Å². The maximum atomic E-state index is 11.8. The molecule has 7 nitrogen and oxygen atoms in total. The normalized spacial score (nSPS) is 30.5. The third-order valence-corrected chi connectivity index (χ3v) is 3.32. The molecule has 0 aromatic carbocycles. The van der Waals surface area contributed by atoms with E-state index in [0.717, 1.165) is 0 Å². The van der Waals surface area contributed by atoms with Crippen LogP contribution in [0.15, 0.2) is 12.2 Å². The lowest BCUT2D eigenvalue weighted by Crippen LogP contribution is -2.46. The van der Waals surface area contributed by atoms with Crippen molar-refractivity contribution in [3.8, 4) is 0 Å². The predicted molar refractivity (Wildman–Crippen MR) is 77.3 cm³/mol. The topological polar surface area (TPSA) is 83.1 Å². The maximum absolute atomic E-state index is 11.8. The lowest BCUT2D eigenvalue weighted by atomic mass is 10.1. The minimum absolute atomic E-state index is 0.237. The number of fused-ring (bicyclic) bond motifs is 1. The van der Waals surface area contributed by atoms with Crippen molar-refractivity contribution in [2.45, 2.75) is 57.6 Å². The maximum Gasteiger partial charge on any atom is 0.408 e. The van der Waals surface area contributed by atoms with E-state index < -0.39 is 23.8 Å². The molecule has 22 heavy (non-hydrogen) atoms. The van der Waals surface area contributed by atoms with Crippen molar-refractivity contribution >= 4 is 12.1 Å². The van der Waals surface area contributed by atoms with Gasteiger partial charge in [-0.2, -0.15) is 0 Å². The molecule has 0 bridgehead atoms. The Morgan fingerprint density at radius 1 is 1.18 bits per heavy atom. The molecule has 2 rings (SSSR count). The zero-order valence-corrected chi connectivity index (χ0v) is 13.4. The summed E-state index contributed by atoms with van der Waals surface area (Å²) in [5.74, 6) is -0.471. The van der Waals surface area contributed by atoms with Crippen LogP contribution >= 0.6 is 0 Å². The van der Waals surface area contributed by atoms with Crippen molar-refractivity contribution in [2.24, 2.45) is 0 Å². The summed E-state index contributed by atoms with van der Waals surface area (Å²) in [6, 6.07) is -0.326. The van der Waals surface area contributed by atoms with Crippen LogP contribution in [0.25, 0.3) is 0 Å². The van der Waals surface area contributed by atoms with E-state index >= 15 is 0 Å². The third-order valence-electron chi connectivity index (χ3n) is 3.32. The summed E-state index contributed by atoms with van der Waals surface area (Å²) in [6.45, 7) is 11.0. The standard InChI is InChI=1S/C15H23NO6/c1-8(2)13(17)21-10-7-20-11-9(6-19-12(10)11)16-14(18)22-15(3,4)5/h9-12H,1,6-7H2,2-5H3,(H,16,18)/t9-,10-,11-,12-/m1/s1. The molecule has 0 aromatic rings. The fourth-order valence-corrected chi connectivity index (χ4v) is 2.39. The minimum atomic E-state index is -0.570. The fourth-order valence-electron chi connectivity index (χ4n) is 2.39. The second-order valence-electron chi connectivity index (χ2n) is 6.57. The number of ether oxygens (including phenoxy) is 4. The summed E-state index contributed by atoms with van der Waals surface area (Å²) in [5.41, 5.74) is -0.246. The Morgan fingerprint density at radius 2 is 1.82 bits per heavy atom. The molecule has 7 heteroatoms. The lowest BCUT2D eigenvalue weighted by Gasteiger charge is -2.23. The molecule has 2 fully saturated rings. The number of alkyl carbamates (subject to hydrolysis) is 1. The molecule has 2 saturated heterocycles. The largest absolute Gasteiger partial charge is 0.454 e. The van der Waals surface area contributed by atoms with E-state index in [9.17, 15) is 9.59 Å². The van der Waals surface area contributed by atoms with E-state index in [4.69, 9.17) is 18.9 Å². The van der Waals surface area contributed by atoms with Crippen molar-refractivity contribution in [3.05, 3.63) is 12.2 Å².